The Hall–Kier alpha value is -3.72. The molecule has 0 heterocycles. The van der Waals surface area contributed by atoms with Crippen molar-refractivity contribution < 1.29 is 18.3 Å². The maximum Gasteiger partial charge on any atom is 0.497 e. The summed E-state index contributed by atoms with van der Waals surface area (Å²) in [4.78, 5) is 0. The van der Waals surface area contributed by atoms with Gasteiger partial charge in [0.2, 0.25) is 0 Å². The van der Waals surface area contributed by atoms with E-state index in [2.05, 4.69) is 184 Å². The molecule has 0 fully saturated rings. The zero-order valence-electron chi connectivity index (χ0n) is 39.3. The number of aryl methyl sites for hydroxylation is 2. The van der Waals surface area contributed by atoms with E-state index in [-0.39, 0.29) is 27.1 Å². The van der Waals surface area contributed by atoms with Crippen molar-refractivity contribution in [2.45, 2.75) is 164 Å². The highest BCUT2D eigenvalue weighted by molar-refractivity contribution is 7.42. The Kier molecular flexibility index (Phi) is 13.6. The number of hydrogen-bond donors (Lipinski definition) is 0. The minimum Gasteiger partial charge on any atom is -0.416 e. The van der Waals surface area contributed by atoms with Crippen LogP contribution in [0.25, 0.3) is 11.1 Å². The summed E-state index contributed by atoms with van der Waals surface area (Å²) in [6.07, 6.45) is 2.33. The molecule has 314 valence electrons. The van der Waals surface area contributed by atoms with Gasteiger partial charge in [-0.3, -0.25) is 0 Å². The van der Waals surface area contributed by atoms with Crippen molar-refractivity contribution in [1.29, 1.82) is 0 Å². The monoisotopic (exact) mass is 807 g/mol. The molecule has 0 N–H and O–H groups in total. The molecular formula is C53H72FO3P. The second-order valence-electron chi connectivity index (χ2n) is 22.0. The van der Waals surface area contributed by atoms with Crippen LogP contribution in [0, 0.1) is 13.8 Å². The average Bonchev–Trinajstić information content (AvgIpc) is 3.08. The third-order valence-electron chi connectivity index (χ3n) is 11.0. The molecule has 0 amide bonds. The van der Waals surface area contributed by atoms with Gasteiger partial charge in [0, 0.05) is 16.5 Å². The summed E-state index contributed by atoms with van der Waals surface area (Å²) in [5, 5.41) is 0. The maximum atomic E-state index is 14.5. The summed E-state index contributed by atoms with van der Waals surface area (Å²) in [7, 11) is -2.44. The average molecular weight is 807 g/mol. The number of hydrogen-bond acceptors (Lipinski definition) is 3. The van der Waals surface area contributed by atoms with E-state index in [1.165, 1.54) is 22.3 Å². The highest BCUT2D eigenvalue weighted by Crippen LogP contribution is 2.49. The zero-order valence-corrected chi connectivity index (χ0v) is 40.2. The lowest BCUT2D eigenvalue weighted by Crippen LogP contribution is -2.21. The second-order valence-corrected chi connectivity index (χ2v) is 23.0. The molecule has 5 heteroatoms. The molecule has 0 aliphatic rings. The highest BCUT2D eigenvalue weighted by atomic mass is 31.2. The number of rotatable bonds is 10. The minimum absolute atomic E-state index is 0.00943. The van der Waals surface area contributed by atoms with Crippen LogP contribution < -0.4 is 9.05 Å². The van der Waals surface area contributed by atoms with Crippen molar-refractivity contribution in [3.63, 3.8) is 0 Å². The first-order chi connectivity index (χ1) is 26.3. The van der Waals surface area contributed by atoms with E-state index in [9.17, 15) is 4.53 Å². The van der Waals surface area contributed by atoms with Crippen LogP contribution in [0.4, 0.5) is 4.53 Å². The molecule has 0 aliphatic carbocycles. The van der Waals surface area contributed by atoms with Crippen LogP contribution in [-0.2, 0) is 37.2 Å². The van der Waals surface area contributed by atoms with E-state index < -0.39 is 14.0 Å². The van der Waals surface area contributed by atoms with Gasteiger partial charge in [0.25, 0.3) is 0 Å². The van der Waals surface area contributed by atoms with Crippen molar-refractivity contribution in [3.05, 3.63) is 141 Å². The van der Waals surface area contributed by atoms with E-state index in [1.807, 2.05) is 31.2 Å². The van der Waals surface area contributed by atoms with Gasteiger partial charge in [-0.25, -0.2) is 0 Å². The van der Waals surface area contributed by atoms with E-state index in [0.717, 1.165) is 44.5 Å². The van der Waals surface area contributed by atoms with Crippen LogP contribution in [0.3, 0.4) is 0 Å². The van der Waals surface area contributed by atoms with Crippen LogP contribution in [0.5, 0.6) is 11.5 Å². The fraction of sp³-hybridized carbons (Fsp3) is 0.472. The Balaban J connectivity index is 2.00. The lowest BCUT2D eigenvalue weighted by Gasteiger charge is -2.33. The molecule has 0 spiro atoms. The van der Waals surface area contributed by atoms with Crippen LogP contribution in [-0.4, -0.2) is 0 Å². The van der Waals surface area contributed by atoms with Crippen LogP contribution in [0.2, 0.25) is 0 Å². The summed E-state index contributed by atoms with van der Waals surface area (Å²) >= 11 is 0. The van der Waals surface area contributed by atoms with Gasteiger partial charge in [0.1, 0.15) is 11.5 Å². The van der Waals surface area contributed by atoms with Crippen molar-refractivity contribution in [1.82, 2.24) is 0 Å². The van der Waals surface area contributed by atoms with Crippen molar-refractivity contribution >= 4 is 19.7 Å². The lowest BCUT2D eigenvalue weighted by atomic mass is 9.72. The number of allylic oxidation sites excluding steroid dienone is 3. The first-order valence-corrected chi connectivity index (χ1v) is 21.8. The summed E-state index contributed by atoms with van der Waals surface area (Å²) in [6.45, 7) is 47.0. The van der Waals surface area contributed by atoms with Gasteiger partial charge >= 0.3 is 8.60 Å². The van der Waals surface area contributed by atoms with Gasteiger partial charge < -0.3 is 9.05 Å². The normalized spacial score (nSPS) is 14.0. The SMILES string of the molecule is C=C(/C(=C/C(C)(C)c1cc(C)ccc1OP(OF)Oc1ccc(C)cc1C(C)(C)C)c1ccc(C(C)(C)C)cc1C(C)(C)C)c1ccc(C(C)(C)C)cc1C(C)(C)C. The van der Waals surface area contributed by atoms with Crippen molar-refractivity contribution in [3.8, 4) is 11.5 Å². The standard InChI is InChI=1S/C53H72FO3P/c1-34-21-27-46(44(29-34)52(16,17)18)55-58(57-54)56-47-28-22-35(2)30-45(47)53(19,20)33-41(40-26-24-38(49(7,8)9)32-43(40)51(13,14)15)36(3)39-25-23-37(48(4,5)6)31-42(39)50(10,11)12/h21-33H,3H2,1-2,4-20H3/b41-33-. The highest BCUT2D eigenvalue weighted by Gasteiger charge is 2.33. The molecule has 0 aromatic heterocycles. The Morgan fingerprint density at radius 2 is 0.897 bits per heavy atom. The summed E-state index contributed by atoms with van der Waals surface area (Å²) in [5.41, 5.74) is 12.1. The van der Waals surface area contributed by atoms with Gasteiger partial charge in [0.15, 0.2) is 0 Å². The van der Waals surface area contributed by atoms with Gasteiger partial charge in [-0.1, -0.05) is 207 Å². The third kappa shape index (κ3) is 11.1. The molecule has 3 nitrogen and oxygen atoms in total. The molecule has 0 aliphatic heterocycles. The predicted molar refractivity (Wildman–Crippen MR) is 249 cm³/mol. The molecule has 1 unspecified atom stereocenters. The Labute approximate surface area is 353 Å². The minimum atomic E-state index is -2.44. The number of benzene rings is 4. The Bertz CT molecular complexity index is 2150. The third-order valence-corrected chi connectivity index (χ3v) is 11.8. The largest absolute Gasteiger partial charge is 0.497 e. The summed E-state index contributed by atoms with van der Waals surface area (Å²) in [5.74, 6) is 1.03. The van der Waals surface area contributed by atoms with Crippen LogP contribution in [0.1, 0.15) is 173 Å². The smallest absolute Gasteiger partial charge is 0.416 e. The predicted octanol–water partition coefficient (Wildman–Crippen LogP) is 16.5. The molecule has 0 radical (unpaired) electrons. The fourth-order valence-electron chi connectivity index (χ4n) is 7.42. The van der Waals surface area contributed by atoms with Crippen LogP contribution >= 0.6 is 8.60 Å². The van der Waals surface area contributed by atoms with E-state index in [1.54, 1.807) is 0 Å². The quantitative estimate of drug-likeness (QED) is 0.118. The first kappa shape index (κ1) is 47.0. The fourth-order valence-corrected chi connectivity index (χ4v) is 8.15. The van der Waals surface area contributed by atoms with Gasteiger partial charge in [0.05, 0.1) is 0 Å². The van der Waals surface area contributed by atoms with Crippen LogP contribution in [0.15, 0.2) is 85.5 Å². The van der Waals surface area contributed by atoms with Crippen molar-refractivity contribution in [2.75, 3.05) is 0 Å². The van der Waals surface area contributed by atoms with E-state index >= 15 is 0 Å². The zero-order chi connectivity index (χ0) is 44.0. The molecule has 1 atom stereocenters. The summed E-state index contributed by atoms with van der Waals surface area (Å²) in [6, 6.07) is 25.7. The number of halogens is 1. The molecule has 4 aromatic rings. The second kappa shape index (κ2) is 16.7. The topological polar surface area (TPSA) is 27.7 Å². The van der Waals surface area contributed by atoms with Gasteiger partial charge in [-0.05, 0) is 102 Å². The van der Waals surface area contributed by atoms with E-state index in [0.29, 0.717) is 11.5 Å². The Morgan fingerprint density at radius 3 is 1.31 bits per heavy atom. The summed E-state index contributed by atoms with van der Waals surface area (Å²) < 4.78 is 31.6. The maximum absolute atomic E-state index is 14.5. The first-order valence-electron chi connectivity index (χ1n) is 20.7. The molecule has 0 saturated heterocycles. The molecule has 0 saturated carbocycles. The lowest BCUT2D eigenvalue weighted by molar-refractivity contribution is -0.0159. The Morgan fingerprint density at radius 1 is 0.500 bits per heavy atom. The molecule has 4 aromatic carbocycles. The molecule has 0 bridgehead atoms. The molecule has 58 heavy (non-hydrogen) atoms. The molecular weight excluding hydrogens is 735 g/mol. The van der Waals surface area contributed by atoms with Crippen molar-refractivity contribution in [2.24, 2.45) is 0 Å². The molecule has 4 rings (SSSR count). The van der Waals surface area contributed by atoms with E-state index in [4.69, 9.17) is 15.6 Å². The van der Waals surface area contributed by atoms with Gasteiger partial charge in [-0.2, -0.15) is 0 Å². The van der Waals surface area contributed by atoms with Gasteiger partial charge in [-0.15, -0.1) is 0 Å².